The van der Waals surface area contributed by atoms with E-state index in [1.165, 1.54) is 24.9 Å². The monoisotopic (exact) mass is 288 g/mol. The van der Waals surface area contributed by atoms with Crippen LogP contribution < -0.4 is 10.2 Å². The van der Waals surface area contributed by atoms with Gasteiger partial charge in [0.15, 0.2) is 0 Å². The maximum Gasteiger partial charge on any atom is 0.235 e. The van der Waals surface area contributed by atoms with Crippen LogP contribution in [0.1, 0.15) is 32.6 Å². The zero-order valence-corrected chi connectivity index (χ0v) is 12.7. The third-order valence-electron chi connectivity index (χ3n) is 4.76. The van der Waals surface area contributed by atoms with Gasteiger partial charge >= 0.3 is 0 Å². The second-order valence-electron chi connectivity index (χ2n) is 6.18. The molecular formula is C17H24N2O2. The summed E-state index contributed by atoms with van der Waals surface area (Å²) in [6.07, 6.45) is 4.71. The third kappa shape index (κ3) is 2.91. The zero-order chi connectivity index (χ0) is 14.7. The van der Waals surface area contributed by atoms with Crippen LogP contribution in [-0.4, -0.2) is 32.2 Å². The van der Waals surface area contributed by atoms with E-state index in [1.54, 1.807) is 0 Å². The third-order valence-corrected chi connectivity index (χ3v) is 4.76. The maximum atomic E-state index is 12.3. The fraction of sp³-hybridized carbons (Fsp3) is 0.588. The molecule has 1 amide bonds. The Hall–Kier alpha value is -1.55. The maximum absolute atomic E-state index is 12.3. The number of rotatable bonds is 4. The molecule has 0 bridgehead atoms. The van der Waals surface area contributed by atoms with Crippen molar-refractivity contribution in [3.05, 3.63) is 24.3 Å². The quantitative estimate of drug-likeness (QED) is 0.926. The van der Waals surface area contributed by atoms with Crippen molar-refractivity contribution in [2.75, 3.05) is 36.5 Å². The molecule has 21 heavy (non-hydrogen) atoms. The van der Waals surface area contributed by atoms with Crippen molar-refractivity contribution in [3.63, 3.8) is 0 Å². The molecule has 2 aliphatic heterocycles. The summed E-state index contributed by atoms with van der Waals surface area (Å²) in [7, 11) is 0. The Morgan fingerprint density at radius 1 is 1.19 bits per heavy atom. The smallest absolute Gasteiger partial charge is 0.235 e. The van der Waals surface area contributed by atoms with Crippen LogP contribution in [0, 0.1) is 5.41 Å². The molecule has 2 saturated heterocycles. The van der Waals surface area contributed by atoms with E-state index in [2.05, 4.69) is 22.3 Å². The number of benzene rings is 1. The Bertz CT molecular complexity index is 483. The Morgan fingerprint density at radius 2 is 1.86 bits per heavy atom. The standard InChI is InChI=1S/C17H24N2O2/c1-2-17(12-21-13-17)16(20)18-14-6-8-15(9-7-14)19-10-4-3-5-11-19/h6-9H,2-5,10-13H2,1H3,(H,18,20). The van der Waals surface area contributed by atoms with Gasteiger partial charge in [-0.2, -0.15) is 0 Å². The molecule has 2 fully saturated rings. The molecule has 4 nitrogen and oxygen atoms in total. The van der Waals surface area contributed by atoms with Gasteiger partial charge in [0.2, 0.25) is 5.91 Å². The van der Waals surface area contributed by atoms with Gasteiger partial charge in [-0.15, -0.1) is 0 Å². The number of amides is 1. The van der Waals surface area contributed by atoms with E-state index in [9.17, 15) is 4.79 Å². The average molecular weight is 288 g/mol. The van der Waals surface area contributed by atoms with E-state index in [4.69, 9.17) is 4.74 Å². The van der Waals surface area contributed by atoms with Crippen LogP contribution in [0.15, 0.2) is 24.3 Å². The first-order chi connectivity index (χ1) is 10.2. The van der Waals surface area contributed by atoms with Gasteiger partial charge in [0.1, 0.15) is 0 Å². The molecule has 0 aromatic heterocycles. The Balaban J connectivity index is 1.63. The van der Waals surface area contributed by atoms with Crippen molar-refractivity contribution in [1.82, 2.24) is 0 Å². The second kappa shape index (κ2) is 6.06. The van der Waals surface area contributed by atoms with Gasteiger partial charge in [-0.1, -0.05) is 6.92 Å². The first-order valence-electron chi connectivity index (χ1n) is 7.98. The highest BCUT2D eigenvalue weighted by Gasteiger charge is 2.44. The number of carbonyl (C=O) groups excluding carboxylic acids is 1. The topological polar surface area (TPSA) is 41.6 Å². The molecule has 0 saturated carbocycles. The van der Waals surface area contributed by atoms with Gasteiger partial charge in [-0.05, 0) is 49.9 Å². The fourth-order valence-corrected chi connectivity index (χ4v) is 3.02. The SMILES string of the molecule is CCC1(C(=O)Nc2ccc(N3CCCCC3)cc2)COC1. The summed E-state index contributed by atoms with van der Waals surface area (Å²) in [5, 5.41) is 3.03. The first-order valence-corrected chi connectivity index (χ1v) is 7.98. The number of nitrogens with zero attached hydrogens (tertiary/aromatic N) is 1. The van der Waals surface area contributed by atoms with Crippen LogP contribution in [0.2, 0.25) is 0 Å². The van der Waals surface area contributed by atoms with Gasteiger partial charge in [-0.25, -0.2) is 0 Å². The fourth-order valence-electron chi connectivity index (χ4n) is 3.02. The molecular weight excluding hydrogens is 264 g/mol. The highest BCUT2D eigenvalue weighted by atomic mass is 16.5. The van der Waals surface area contributed by atoms with E-state index in [-0.39, 0.29) is 11.3 Å². The van der Waals surface area contributed by atoms with Gasteiger partial charge in [0.25, 0.3) is 0 Å². The van der Waals surface area contributed by atoms with Crippen LogP contribution in [0.25, 0.3) is 0 Å². The molecule has 1 aromatic carbocycles. The van der Waals surface area contributed by atoms with Crippen LogP contribution in [0.3, 0.4) is 0 Å². The van der Waals surface area contributed by atoms with Crippen LogP contribution in [0.4, 0.5) is 11.4 Å². The molecule has 2 aliphatic rings. The lowest BCUT2D eigenvalue weighted by Crippen LogP contribution is -2.51. The average Bonchev–Trinajstić information content (AvgIpc) is 2.48. The number of carbonyl (C=O) groups is 1. The molecule has 3 rings (SSSR count). The summed E-state index contributed by atoms with van der Waals surface area (Å²) in [5.41, 5.74) is 1.82. The number of hydrogen-bond acceptors (Lipinski definition) is 3. The molecule has 2 heterocycles. The van der Waals surface area contributed by atoms with Crippen LogP contribution in [0.5, 0.6) is 0 Å². The minimum absolute atomic E-state index is 0.0852. The highest BCUT2D eigenvalue weighted by Crippen LogP contribution is 2.33. The summed E-state index contributed by atoms with van der Waals surface area (Å²) in [6.45, 7) is 5.41. The summed E-state index contributed by atoms with van der Waals surface area (Å²) < 4.78 is 5.22. The predicted molar refractivity (Wildman–Crippen MR) is 84.7 cm³/mol. The van der Waals surface area contributed by atoms with Gasteiger partial charge < -0.3 is 15.0 Å². The predicted octanol–water partition coefficient (Wildman–Crippen LogP) is 3.04. The molecule has 1 N–H and O–H groups in total. The number of anilines is 2. The summed E-state index contributed by atoms with van der Waals surface area (Å²) in [4.78, 5) is 14.8. The molecule has 1 aromatic rings. The van der Waals surface area contributed by atoms with Gasteiger partial charge in [0.05, 0.1) is 18.6 Å². The first kappa shape index (κ1) is 14.4. The van der Waals surface area contributed by atoms with Crippen molar-refractivity contribution in [3.8, 4) is 0 Å². The van der Waals surface area contributed by atoms with Crippen molar-refractivity contribution >= 4 is 17.3 Å². The summed E-state index contributed by atoms with van der Waals surface area (Å²) in [6, 6.07) is 8.23. The Kier molecular flexibility index (Phi) is 4.15. The molecule has 0 atom stereocenters. The molecule has 0 spiro atoms. The van der Waals surface area contributed by atoms with E-state index in [0.29, 0.717) is 13.2 Å². The van der Waals surface area contributed by atoms with Crippen molar-refractivity contribution in [2.45, 2.75) is 32.6 Å². The van der Waals surface area contributed by atoms with Gasteiger partial charge in [0, 0.05) is 24.5 Å². The molecule has 0 radical (unpaired) electrons. The summed E-state index contributed by atoms with van der Waals surface area (Å²) >= 11 is 0. The molecule has 4 heteroatoms. The second-order valence-corrected chi connectivity index (χ2v) is 6.18. The number of piperidine rings is 1. The lowest BCUT2D eigenvalue weighted by Gasteiger charge is -2.39. The van der Waals surface area contributed by atoms with E-state index >= 15 is 0 Å². The molecule has 0 aliphatic carbocycles. The molecule has 0 unspecified atom stereocenters. The van der Waals surface area contributed by atoms with E-state index in [0.717, 1.165) is 25.2 Å². The van der Waals surface area contributed by atoms with E-state index < -0.39 is 0 Å². The van der Waals surface area contributed by atoms with Crippen LogP contribution in [-0.2, 0) is 9.53 Å². The van der Waals surface area contributed by atoms with E-state index in [1.807, 2.05) is 19.1 Å². The van der Waals surface area contributed by atoms with Gasteiger partial charge in [-0.3, -0.25) is 4.79 Å². The normalized spacial score (nSPS) is 20.7. The lowest BCUT2D eigenvalue weighted by atomic mass is 9.82. The zero-order valence-electron chi connectivity index (χ0n) is 12.7. The minimum atomic E-state index is -0.314. The molecule has 114 valence electrons. The largest absolute Gasteiger partial charge is 0.379 e. The highest BCUT2D eigenvalue weighted by molar-refractivity contribution is 5.96. The van der Waals surface area contributed by atoms with Crippen molar-refractivity contribution in [1.29, 1.82) is 0 Å². The number of ether oxygens (including phenoxy) is 1. The lowest BCUT2D eigenvalue weighted by molar-refractivity contribution is -0.156. The number of hydrogen-bond donors (Lipinski definition) is 1. The van der Waals surface area contributed by atoms with Crippen molar-refractivity contribution < 1.29 is 9.53 Å². The Labute approximate surface area is 126 Å². The summed E-state index contributed by atoms with van der Waals surface area (Å²) in [5.74, 6) is 0.0852. The van der Waals surface area contributed by atoms with Crippen LogP contribution >= 0.6 is 0 Å². The Morgan fingerprint density at radius 3 is 2.38 bits per heavy atom. The number of nitrogens with one attached hydrogen (secondary N) is 1. The minimum Gasteiger partial charge on any atom is -0.379 e. The van der Waals surface area contributed by atoms with Crippen molar-refractivity contribution in [2.24, 2.45) is 5.41 Å².